The molecule has 142 valence electrons. The molecule has 0 aliphatic heterocycles. The summed E-state index contributed by atoms with van der Waals surface area (Å²) in [4.78, 5) is 35.6. The van der Waals surface area contributed by atoms with Gasteiger partial charge in [0.05, 0.1) is 6.42 Å². The Kier molecular flexibility index (Phi) is 6.88. The van der Waals surface area contributed by atoms with E-state index in [-0.39, 0.29) is 36.7 Å². The largest absolute Gasteiger partial charge is 0.456 e. The number of ether oxygens (including phenoxy) is 1. The topological polar surface area (TPSA) is 72.5 Å². The molecule has 5 nitrogen and oxygen atoms in total. The number of hydrogen-bond donors (Lipinski definition) is 1. The molecule has 0 heterocycles. The summed E-state index contributed by atoms with van der Waals surface area (Å²) in [6, 6.07) is 17.2. The highest BCUT2D eigenvalue weighted by atomic mass is 16.5. The summed E-state index contributed by atoms with van der Waals surface area (Å²) in [5.41, 5.74) is 2.27. The molecule has 0 aliphatic carbocycles. The number of esters is 1. The van der Waals surface area contributed by atoms with Crippen molar-refractivity contribution in [3.8, 4) is 11.1 Å². The molecule has 0 atom stereocenters. The maximum Gasteiger partial charge on any atom is 0.306 e. The Morgan fingerprint density at radius 1 is 0.852 bits per heavy atom. The normalized spacial score (nSPS) is 10.9. The summed E-state index contributed by atoms with van der Waals surface area (Å²) in [6.07, 6.45) is -0.00747. The lowest BCUT2D eigenvalue weighted by Crippen LogP contribution is -2.42. The number of nitrogens with one attached hydrogen (secondary N) is 1. The van der Waals surface area contributed by atoms with Crippen LogP contribution < -0.4 is 5.32 Å². The molecule has 0 aromatic heterocycles. The maximum absolute atomic E-state index is 12.2. The van der Waals surface area contributed by atoms with Crippen LogP contribution in [0.25, 0.3) is 11.1 Å². The molecule has 0 saturated heterocycles. The van der Waals surface area contributed by atoms with Gasteiger partial charge in [0.2, 0.25) is 0 Å². The predicted octanol–water partition coefficient (Wildman–Crippen LogP) is 3.77. The monoisotopic (exact) mass is 367 g/mol. The van der Waals surface area contributed by atoms with Crippen molar-refractivity contribution >= 4 is 17.7 Å². The number of ketones is 1. The SMILES string of the molecule is CC(C)(C)NC(=O)COC(=O)CCC(=O)c1ccc(-c2ccccc2)cc1. The fourth-order valence-electron chi connectivity index (χ4n) is 2.51. The van der Waals surface area contributed by atoms with Crippen LogP contribution in [-0.2, 0) is 14.3 Å². The van der Waals surface area contributed by atoms with Gasteiger partial charge in [0.15, 0.2) is 12.4 Å². The molecule has 0 unspecified atom stereocenters. The zero-order valence-electron chi connectivity index (χ0n) is 16.0. The summed E-state index contributed by atoms with van der Waals surface area (Å²) in [5.74, 6) is -1.06. The van der Waals surface area contributed by atoms with Gasteiger partial charge < -0.3 is 10.1 Å². The Labute approximate surface area is 159 Å². The third-order valence-corrected chi connectivity index (χ3v) is 3.75. The van der Waals surface area contributed by atoms with Crippen molar-refractivity contribution in [1.82, 2.24) is 5.32 Å². The number of hydrogen-bond acceptors (Lipinski definition) is 4. The molecule has 2 rings (SSSR count). The van der Waals surface area contributed by atoms with Crippen molar-refractivity contribution in [3.63, 3.8) is 0 Å². The molecule has 1 N–H and O–H groups in total. The summed E-state index contributed by atoms with van der Waals surface area (Å²) in [5, 5.41) is 2.70. The van der Waals surface area contributed by atoms with E-state index in [2.05, 4.69) is 5.32 Å². The van der Waals surface area contributed by atoms with Crippen molar-refractivity contribution in [1.29, 1.82) is 0 Å². The first-order valence-corrected chi connectivity index (χ1v) is 8.90. The average Bonchev–Trinajstić information content (AvgIpc) is 2.64. The molecule has 0 radical (unpaired) electrons. The molecular formula is C22H25NO4. The maximum atomic E-state index is 12.2. The Bertz CT molecular complexity index is 789. The molecule has 0 bridgehead atoms. The molecule has 5 heteroatoms. The average molecular weight is 367 g/mol. The van der Waals surface area contributed by atoms with Crippen molar-refractivity contribution in [2.24, 2.45) is 0 Å². The van der Waals surface area contributed by atoms with E-state index in [0.29, 0.717) is 5.56 Å². The van der Waals surface area contributed by atoms with Gasteiger partial charge in [-0.2, -0.15) is 0 Å². The smallest absolute Gasteiger partial charge is 0.306 e. The number of benzene rings is 2. The molecule has 0 fully saturated rings. The fourth-order valence-corrected chi connectivity index (χ4v) is 2.51. The van der Waals surface area contributed by atoms with E-state index in [0.717, 1.165) is 11.1 Å². The molecule has 0 saturated carbocycles. The summed E-state index contributed by atoms with van der Waals surface area (Å²) in [6.45, 7) is 5.19. The second-order valence-corrected chi connectivity index (χ2v) is 7.33. The molecule has 0 spiro atoms. The van der Waals surface area contributed by atoms with Crippen molar-refractivity contribution in [2.75, 3.05) is 6.61 Å². The third kappa shape index (κ3) is 7.05. The highest BCUT2D eigenvalue weighted by Gasteiger charge is 2.16. The van der Waals surface area contributed by atoms with E-state index in [1.807, 2.05) is 63.2 Å². The van der Waals surface area contributed by atoms with Crippen LogP contribution in [0.5, 0.6) is 0 Å². The van der Waals surface area contributed by atoms with Crippen LogP contribution >= 0.6 is 0 Å². The van der Waals surface area contributed by atoms with Gasteiger partial charge in [0.1, 0.15) is 0 Å². The van der Waals surface area contributed by atoms with Crippen LogP contribution in [0.1, 0.15) is 44.0 Å². The quantitative estimate of drug-likeness (QED) is 0.597. The number of rotatable bonds is 7. The van der Waals surface area contributed by atoms with E-state index >= 15 is 0 Å². The summed E-state index contributed by atoms with van der Waals surface area (Å²) >= 11 is 0. The van der Waals surface area contributed by atoms with Crippen LogP contribution in [0.3, 0.4) is 0 Å². The molecule has 2 aromatic carbocycles. The number of amides is 1. The van der Waals surface area contributed by atoms with Gasteiger partial charge >= 0.3 is 5.97 Å². The Morgan fingerprint density at radius 2 is 1.44 bits per heavy atom. The van der Waals surface area contributed by atoms with Crippen LogP contribution in [0.2, 0.25) is 0 Å². The zero-order valence-corrected chi connectivity index (χ0v) is 16.0. The highest BCUT2D eigenvalue weighted by Crippen LogP contribution is 2.20. The van der Waals surface area contributed by atoms with Gasteiger partial charge in [0, 0.05) is 17.5 Å². The highest BCUT2D eigenvalue weighted by molar-refractivity contribution is 5.98. The van der Waals surface area contributed by atoms with Crippen LogP contribution in [0.15, 0.2) is 54.6 Å². The van der Waals surface area contributed by atoms with E-state index in [1.54, 1.807) is 12.1 Å². The summed E-state index contributed by atoms with van der Waals surface area (Å²) < 4.78 is 4.91. The Balaban J connectivity index is 1.80. The van der Waals surface area contributed by atoms with Gasteiger partial charge in [-0.25, -0.2) is 0 Å². The van der Waals surface area contributed by atoms with E-state index in [1.165, 1.54) is 0 Å². The Hall–Kier alpha value is -2.95. The molecule has 1 amide bonds. The van der Waals surface area contributed by atoms with Gasteiger partial charge in [-0.1, -0.05) is 54.6 Å². The number of Topliss-reactive ketones (excluding diaryl/α,β-unsaturated/α-hetero) is 1. The number of carbonyl (C=O) groups is 3. The Morgan fingerprint density at radius 3 is 2.04 bits per heavy atom. The second-order valence-electron chi connectivity index (χ2n) is 7.33. The van der Waals surface area contributed by atoms with E-state index < -0.39 is 5.97 Å². The lowest BCUT2D eigenvalue weighted by molar-refractivity contribution is -0.148. The van der Waals surface area contributed by atoms with E-state index in [9.17, 15) is 14.4 Å². The minimum Gasteiger partial charge on any atom is -0.456 e. The first-order valence-electron chi connectivity index (χ1n) is 8.90. The van der Waals surface area contributed by atoms with Gasteiger partial charge in [0.25, 0.3) is 5.91 Å². The van der Waals surface area contributed by atoms with Gasteiger partial charge in [-0.3, -0.25) is 14.4 Å². The second kappa shape index (κ2) is 9.12. The van der Waals surface area contributed by atoms with Crippen LogP contribution in [-0.4, -0.2) is 29.8 Å². The lowest BCUT2D eigenvalue weighted by atomic mass is 10.0. The zero-order chi connectivity index (χ0) is 19.9. The van der Waals surface area contributed by atoms with Gasteiger partial charge in [-0.15, -0.1) is 0 Å². The first kappa shape index (κ1) is 20.4. The summed E-state index contributed by atoms with van der Waals surface area (Å²) in [7, 11) is 0. The molecule has 2 aromatic rings. The van der Waals surface area contributed by atoms with Crippen molar-refractivity contribution in [2.45, 2.75) is 39.2 Å². The molecular weight excluding hydrogens is 342 g/mol. The molecule has 0 aliphatic rings. The lowest BCUT2D eigenvalue weighted by Gasteiger charge is -2.20. The fraction of sp³-hybridized carbons (Fsp3) is 0.318. The standard InChI is InChI=1S/C22H25NO4/c1-22(2,3)23-20(25)15-27-21(26)14-13-19(24)18-11-9-17(10-12-18)16-7-5-4-6-8-16/h4-12H,13-15H2,1-3H3,(H,23,25). The number of carbonyl (C=O) groups excluding carboxylic acids is 3. The molecule has 27 heavy (non-hydrogen) atoms. The first-order chi connectivity index (χ1) is 12.7. The van der Waals surface area contributed by atoms with Crippen molar-refractivity contribution < 1.29 is 19.1 Å². The predicted molar refractivity (Wildman–Crippen MR) is 104 cm³/mol. The minimum absolute atomic E-state index is 0.0460. The van der Waals surface area contributed by atoms with Crippen LogP contribution in [0.4, 0.5) is 0 Å². The van der Waals surface area contributed by atoms with Crippen LogP contribution in [0, 0.1) is 0 Å². The minimum atomic E-state index is -0.562. The van der Waals surface area contributed by atoms with Crippen molar-refractivity contribution in [3.05, 3.63) is 60.2 Å². The third-order valence-electron chi connectivity index (χ3n) is 3.75. The van der Waals surface area contributed by atoms with E-state index in [4.69, 9.17) is 4.74 Å². The van der Waals surface area contributed by atoms with Gasteiger partial charge in [-0.05, 0) is 31.9 Å².